The molecule has 2 aromatic carbocycles. The molecule has 10 heteroatoms. The molecule has 1 heterocycles. The van der Waals surface area contributed by atoms with Gasteiger partial charge in [0.2, 0.25) is 0 Å². The lowest BCUT2D eigenvalue weighted by atomic mass is 9.95. The number of ether oxygens (including phenoxy) is 3. The van der Waals surface area contributed by atoms with Crippen molar-refractivity contribution in [2.75, 3.05) is 27.1 Å². The first kappa shape index (κ1) is 23.1. The molecule has 0 fully saturated rings. The first-order valence-electron chi connectivity index (χ1n) is 9.60. The summed E-state index contributed by atoms with van der Waals surface area (Å²) >= 11 is 0. The molecule has 9 nitrogen and oxygen atoms in total. The van der Waals surface area contributed by atoms with Crippen LogP contribution in [0.5, 0.6) is 11.5 Å². The minimum atomic E-state index is -4.06. The van der Waals surface area contributed by atoms with Crippen LogP contribution in [-0.4, -0.2) is 47.5 Å². The molecule has 1 aliphatic heterocycles. The average molecular weight is 461 g/mol. The Labute approximate surface area is 186 Å². The van der Waals surface area contributed by atoms with Crippen molar-refractivity contribution in [3.05, 3.63) is 64.9 Å². The van der Waals surface area contributed by atoms with E-state index in [9.17, 15) is 18.0 Å². The monoisotopic (exact) mass is 460 g/mol. The van der Waals surface area contributed by atoms with Crippen molar-refractivity contribution < 1.29 is 32.2 Å². The van der Waals surface area contributed by atoms with Crippen molar-refractivity contribution in [3.63, 3.8) is 0 Å². The lowest BCUT2D eigenvalue weighted by molar-refractivity contribution is -0.136. The number of hydrogen-bond acceptors (Lipinski definition) is 7. The Kier molecular flexibility index (Phi) is 6.73. The predicted octanol–water partition coefficient (Wildman–Crippen LogP) is 2.27. The SMILES string of the molecule is COC(=O)C1=C(CS(=O)(=O)c2cc(OC)ccc2OC)NC(=O)N[C@H]1c1ccc(C)cc1. The lowest BCUT2D eigenvalue weighted by Crippen LogP contribution is -2.47. The number of rotatable bonds is 7. The van der Waals surface area contributed by atoms with E-state index in [4.69, 9.17) is 14.2 Å². The van der Waals surface area contributed by atoms with Gasteiger partial charge in [0.1, 0.15) is 16.4 Å². The number of esters is 1. The standard InChI is InChI=1S/C22H24N2O7S/c1-13-5-7-14(8-6-13)20-19(21(25)31-4)16(23-22(26)24-20)12-32(27,28)18-11-15(29-2)9-10-17(18)30-3/h5-11,20H,12H2,1-4H3,(H2,23,24,26)/t20-/m0/s1. The Morgan fingerprint density at radius 2 is 1.72 bits per heavy atom. The maximum absolute atomic E-state index is 13.3. The van der Waals surface area contributed by atoms with Gasteiger partial charge in [-0.15, -0.1) is 0 Å². The lowest BCUT2D eigenvalue weighted by Gasteiger charge is -2.29. The molecule has 0 spiro atoms. The van der Waals surface area contributed by atoms with Gasteiger partial charge in [-0.1, -0.05) is 29.8 Å². The third kappa shape index (κ3) is 4.70. The zero-order valence-corrected chi connectivity index (χ0v) is 18.9. The first-order valence-corrected chi connectivity index (χ1v) is 11.3. The number of benzene rings is 2. The molecule has 0 bridgehead atoms. The van der Waals surface area contributed by atoms with Gasteiger partial charge in [0, 0.05) is 11.8 Å². The van der Waals surface area contributed by atoms with Gasteiger partial charge in [-0.25, -0.2) is 18.0 Å². The third-order valence-electron chi connectivity index (χ3n) is 5.01. The molecular weight excluding hydrogens is 436 g/mol. The van der Waals surface area contributed by atoms with Crippen LogP contribution in [0, 0.1) is 6.92 Å². The summed E-state index contributed by atoms with van der Waals surface area (Å²) in [6.45, 7) is 1.90. The topological polar surface area (TPSA) is 120 Å². The molecular formula is C22H24N2O7S. The first-order chi connectivity index (χ1) is 15.2. The Hall–Kier alpha value is -3.53. The fourth-order valence-corrected chi connectivity index (χ4v) is 4.90. The Morgan fingerprint density at radius 3 is 2.31 bits per heavy atom. The quantitative estimate of drug-likeness (QED) is 0.608. The molecule has 0 saturated carbocycles. The van der Waals surface area contributed by atoms with E-state index in [-0.39, 0.29) is 21.9 Å². The maximum Gasteiger partial charge on any atom is 0.338 e. The largest absolute Gasteiger partial charge is 0.497 e. The number of sulfone groups is 1. The van der Waals surface area contributed by atoms with E-state index in [1.165, 1.54) is 33.5 Å². The van der Waals surface area contributed by atoms with Gasteiger partial charge in [0.15, 0.2) is 9.84 Å². The van der Waals surface area contributed by atoms with Crippen LogP contribution in [0.25, 0.3) is 0 Å². The van der Waals surface area contributed by atoms with E-state index in [0.29, 0.717) is 11.3 Å². The molecule has 1 atom stereocenters. The van der Waals surface area contributed by atoms with Crippen LogP contribution >= 0.6 is 0 Å². The van der Waals surface area contributed by atoms with Crippen LogP contribution in [0.15, 0.2) is 58.6 Å². The van der Waals surface area contributed by atoms with Crippen molar-refractivity contribution in [1.29, 1.82) is 0 Å². The smallest absolute Gasteiger partial charge is 0.338 e. The highest BCUT2D eigenvalue weighted by Crippen LogP contribution is 2.33. The van der Waals surface area contributed by atoms with Gasteiger partial charge in [-0.05, 0) is 24.6 Å². The fourth-order valence-electron chi connectivity index (χ4n) is 3.39. The molecule has 0 saturated heterocycles. The number of hydrogen-bond donors (Lipinski definition) is 2. The molecule has 1 aliphatic rings. The van der Waals surface area contributed by atoms with E-state index in [1.807, 2.05) is 19.1 Å². The predicted molar refractivity (Wildman–Crippen MR) is 116 cm³/mol. The van der Waals surface area contributed by atoms with Gasteiger partial charge < -0.3 is 24.8 Å². The highest BCUT2D eigenvalue weighted by molar-refractivity contribution is 7.91. The van der Waals surface area contributed by atoms with Crippen LogP contribution in [0.4, 0.5) is 4.79 Å². The summed E-state index contributed by atoms with van der Waals surface area (Å²) in [7, 11) is -0.110. The van der Waals surface area contributed by atoms with Crippen LogP contribution in [-0.2, 0) is 19.4 Å². The summed E-state index contributed by atoms with van der Waals surface area (Å²) in [5.41, 5.74) is 1.53. The number of nitrogens with one attached hydrogen (secondary N) is 2. The maximum atomic E-state index is 13.3. The molecule has 2 aromatic rings. The molecule has 2 amide bonds. The van der Waals surface area contributed by atoms with Crippen LogP contribution in [0.1, 0.15) is 17.2 Å². The Bertz CT molecular complexity index is 1170. The second-order valence-corrected chi connectivity index (χ2v) is 9.06. The van der Waals surface area contributed by atoms with E-state index in [2.05, 4.69) is 10.6 Å². The van der Waals surface area contributed by atoms with Gasteiger partial charge in [-0.2, -0.15) is 0 Å². The van der Waals surface area contributed by atoms with Crippen molar-refractivity contribution in [3.8, 4) is 11.5 Å². The summed E-state index contributed by atoms with van der Waals surface area (Å²) < 4.78 is 41.8. The summed E-state index contributed by atoms with van der Waals surface area (Å²) in [5.74, 6) is -0.984. The molecule has 3 rings (SSSR count). The van der Waals surface area contributed by atoms with Crippen LogP contribution in [0.2, 0.25) is 0 Å². The van der Waals surface area contributed by atoms with Gasteiger partial charge in [0.25, 0.3) is 0 Å². The second kappa shape index (κ2) is 9.31. The summed E-state index contributed by atoms with van der Waals surface area (Å²) in [6, 6.07) is 10.0. The van der Waals surface area contributed by atoms with E-state index in [0.717, 1.165) is 5.56 Å². The minimum Gasteiger partial charge on any atom is -0.497 e. The molecule has 0 aromatic heterocycles. The summed E-state index contributed by atoms with van der Waals surface area (Å²) in [4.78, 5) is 24.9. The zero-order chi connectivity index (χ0) is 23.5. The number of amides is 2. The minimum absolute atomic E-state index is 0.00129. The highest BCUT2D eigenvalue weighted by atomic mass is 32.2. The summed E-state index contributed by atoms with van der Waals surface area (Å²) in [5, 5.41) is 5.13. The summed E-state index contributed by atoms with van der Waals surface area (Å²) in [6.07, 6.45) is 0. The van der Waals surface area contributed by atoms with Crippen LogP contribution < -0.4 is 20.1 Å². The molecule has 0 aliphatic carbocycles. The number of urea groups is 1. The molecule has 32 heavy (non-hydrogen) atoms. The van der Waals surface area contributed by atoms with Crippen molar-refractivity contribution in [2.45, 2.75) is 17.9 Å². The van der Waals surface area contributed by atoms with Crippen molar-refractivity contribution >= 4 is 21.8 Å². The normalized spacial score (nSPS) is 16.1. The van der Waals surface area contributed by atoms with E-state index in [1.54, 1.807) is 18.2 Å². The highest BCUT2D eigenvalue weighted by Gasteiger charge is 2.36. The molecule has 2 N–H and O–H groups in total. The van der Waals surface area contributed by atoms with Gasteiger partial charge in [-0.3, -0.25) is 0 Å². The average Bonchev–Trinajstić information content (AvgIpc) is 2.78. The zero-order valence-electron chi connectivity index (χ0n) is 18.1. The van der Waals surface area contributed by atoms with E-state index < -0.39 is 33.6 Å². The van der Waals surface area contributed by atoms with Crippen molar-refractivity contribution in [2.24, 2.45) is 0 Å². The van der Waals surface area contributed by atoms with Gasteiger partial charge in [0.05, 0.1) is 38.7 Å². The van der Waals surface area contributed by atoms with Crippen LogP contribution in [0.3, 0.4) is 0 Å². The molecule has 0 radical (unpaired) electrons. The van der Waals surface area contributed by atoms with Crippen molar-refractivity contribution in [1.82, 2.24) is 10.6 Å². The number of carbonyl (C=O) groups is 2. The Balaban J connectivity index is 2.13. The Morgan fingerprint density at radius 1 is 1.03 bits per heavy atom. The number of aryl methyl sites for hydroxylation is 1. The molecule has 0 unspecified atom stereocenters. The second-order valence-electron chi connectivity index (χ2n) is 7.10. The molecule has 170 valence electrons. The fraction of sp³-hybridized carbons (Fsp3) is 0.273. The van der Waals surface area contributed by atoms with E-state index >= 15 is 0 Å². The third-order valence-corrected chi connectivity index (χ3v) is 6.67. The van der Waals surface area contributed by atoms with Gasteiger partial charge >= 0.3 is 12.0 Å². The number of methoxy groups -OCH3 is 3. The number of carbonyl (C=O) groups excluding carboxylic acids is 2.